The molecule has 0 N–H and O–H groups in total. The van der Waals surface area contributed by atoms with Crippen LogP contribution in [0.15, 0.2) is 24.7 Å². The second kappa shape index (κ2) is 3.93. The monoisotopic (exact) mass is 191 g/mol. The minimum absolute atomic E-state index is 0.449. The Balaban J connectivity index is 2.31. The van der Waals surface area contributed by atoms with Gasteiger partial charge in [-0.05, 0) is 6.07 Å². The van der Waals surface area contributed by atoms with Crippen molar-refractivity contribution in [3.8, 4) is 5.95 Å². The highest BCUT2D eigenvalue weighted by molar-refractivity contribution is 5.10. The molecule has 14 heavy (non-hydrogen) atoms. The Morgan fingerprint density at radius 3 is 2.79 bits per heavy atom. The van der Waals surface area contributed by atoms with Crippen LogP contribution in [0.5, 0.6) is 0 Å². The predicted molar refractivity (Wildman–Crippen MR) is 47.7 cm³/mol. The predicted octanol–water partition coefficient (Wildman–Crippen LogP) is 0.204. The van der Waals surface area contributed by atoms with Crippen LogP contribution in [0.4, 0.5) is 0 Å². The highest BCUT2D eigenvalue weighted by Crippen LogP contribution is 1.99. The lowest BCUT2D eigenvalue weighted by Gasteiger charge is -2.00. The molecule has 0 saturated heterocycles. The fourth-order valence-electron chi connectivity index (χ4n) is 1.03. The van der Waals surface area contributed by atoms with E-state index in [1.54, 1.807) is 31.8 Å². The second-order valence-corrected chi connectivity index (χ2v) is 2.60. The summed E-state index contributed by atoms with van der Waals surface area (Å²) in [6.07, 6.45) is 4.80. The van der Waals surface area contributed by atoms with Crippen LogP contribution in [0.25, 0.3) is 5.95 Å². The number of nitrogens with zero attached hydrogens (tertiary/aromatic N) is 5. The molecule has 6 heteroatoms. The molecule has 0 radical (unpaired) electrons. The van der Waals surface area contributed by atoms with Crippen molar-refractivity contribution in [2.45, 2.75) is 6.61 Å². The van der Waals surface area contributed by atoms with Crippen LogP contribution in [-0.2, 0) is 11.3 Å². The summed E-state index contributed by atoms with van der Waals surface area (Å²) in [5, 5.41) is 7.85. The maximum Gasteiger partial charge on any atom is 0.268 e. The maximum atomic E-state index is 4.96. The highest BCUT2D eigenvalue weighted by Gasteiger charge is 2.01. The molecule has 0 amide bonds. The van der Waals surface area contributed by atoms with Gasteiger partial charge in [-0.15, -0.1) is 4.80 Å². The zero-order chi connectivity index (χ0) is 9.80. The molecule has 0 aliphatic carbocycles. The van der Waals surface area contributed by atoms with Gasteiger partial charge in [0, 0.05) is 13.3 Å². The third-order valence-corrected chi connectivity index (χ3v) is 1.59. The molecule has 2 rings (SSSR count). The van der Waals surface area contributed by atoms with Gasteiger partial charge in [0.25, 0.3) is 5.95 Å². The first-order valence-electron chi connectivity index (χ1n) is 4.07. The van der Waals surface area contributed by atoms with Crippen molar-refractivity contribution in [1.82, 2.24) is 25.0 Å². The summed E-state index contributed by atoms with van der Waals surface area (Å²) in [6.45, 7) is 0.455. The molecular weight excluding hydrogens is 182 g/mol. The van der Waals surface area contributed by atoms with E-state index in [4.69, 9.17) is 4.74 Å². The summed E-state index contributed by atoms with van der Waals surface area (Å²) in [7, 11) is 1.62. The number of rotatable bonds is 3. The van der Waals surface area contributed by atoms with Gasteiger partial charge < -0.3 is 4.74 Å². The van der Waals surface area contributed by atoms with Gasteiger partial charge in [0.15, 0.2) is 0 Å². The Bertz CT molecular complexity index is 400. The summed E-state index contributed by atoms with van der Waals surface area (Å²) >= 11 is 0. The van der Waals surface area contributed by atoms with Crippen LogP contribution < -0.4 is 0 Å². The quantitative estimate of drug-likeness (QED) is 0.693. The Kier molecular flexibility index (Phi) is 2.46. The lowest BCUT2D eigenvalue weighted by molar-refractivity contribution is 0.181. The van der Waals surface area contributed by atoms with Crippen molar-refractivity contribution in [2.24, 2.45) is 0 Å². The van der Waals surface area contributed by atoms with Gasteiger partial charge in [-0.25, -0.2) is 9.97 Å². The van der Waals surface area contributed by atoms with Crippen molar-refractivity contribution in [3.05, 3.63) is 30.4 Å². The van der Waals surface area contributed by atoms with Crippen molar-refractivity contribution in [1.29, 1.82) is 0 Å². The van der Waals surface area contributed by atoms with Gasteiger partial charge in [0.05, 0.1) is 24.7 Å². The zero-order valence-corrected chi connectivity index (χ0v) is 7.66. The van der Waals surface area contributed by atoms with Gasteiger partial charge >= 0.3 is 0 Å². The molecule has 0 bridgehead atoms. The smallest absolute Gasteiger partial charge is 0.268 e. The average molecular weight is 191 g/mol. The molecule has 0 fully saturated rings. The number of ether oxygens (including phenoxy) is 1. The van der Waals surface area contributed by atoms with Crippen LogP contribution in [-0.4, -0.2) is 32.1 Å². The van der Waals surface area contributed by atoms with Crippen molar-refractivity contribution in [3.63, 3.8) is 0 Å². The minimum atomic E-state index is 0.449. The SMILES string of the molecule is COCc1ccnc(-n2nccn2)n1. The van der Waals surface area contributed by atoms with Crippen LogP contribution in [0.3, 0.4) is 0 Å². The van der Waals surface area contributed by atoms with Gasteiger partial charge in [-0.3, -0.25) is 0 Å². The van der Waals surface area contributed by atoms with Gasteiger partial charge in [-0.1, -0.05) is 0 Å². The van der Waals surface area contributed by atoms with E-state index >= 15 is 0 Å². The fourth-order valence-corrected chi connectivity index (χ4v) is 1.03. The van der Waals surface area contributed by atoms with Crippen molar-refractivity contribution < 1.29 is 4.74 Å². The summed E-state index contributed by atoms with van der Waals surface area (Å²) in [4.78, 5) is 9.60. The number of aromatic nitrogens is 5. The van der Waals surface area contributed by atoms with Crippen molar-refractivity contribution in [2.75, 3.05) is 7.11 Å². The first kappa shape index (κ1) is 8.76. The summed E-state index contributed by atoms with van der Waals surface area (Å²) in [5.74, 6) is 0.449. The van der Waals surface area contributed by atoms with Crippen LogP contribution in [0.2, 0.25) is 0 Å². The minimum Gasteiger partial charge on any atom is -0.378 e. The van der Waals surface area contributed by atoms with Crippen molar-refractivity contribution >= 4 is 0 Å². The van der Waals surface area contributed by atoms with E-state index in [-0.39, 0.29) is 0 Å². The molecule has 2 heterocycles. The fraction of sp³-hybridized carbons (Fsp3) is 0.250. The highest BCUT2D eigenvalue weighted by atomic mass is 16.5. The van der Waals surface area contributed by atoms with E-state index in [9.17, 15) is 0 Å². The van der Waals surface area contributed by atoms with Crippen LogP contribution in [0, 0.1) is 0 Å². The Morgan fingerprint density at radius 2 is 2.07 bits per heavy atom. The summed E-state index contributed by atoms with van der Waals surface area (Å²) in [6, 6.07) is 1.79. The van der Waals surface area contributed by atoms with E-state index in [2.05, 4.69) is 20.2 Å². The molecule has 0 aromatic carbocycles. The summed E-state index contributed by atoms with van der Waals surface area (Å²) < 4.78 is 4.96. The first-order chi connectivity index (χ1) is 6.90. The standard InChI is InChI=1S/C8H9N5O/c1-14-6-7-2-3-9-8(12-7)13-10-4-5-11-13/h2-5H,6H2,1H3. The molecule has 0 unspecified atom stereocenters. The largest absolute Gasteiger partial charge is 0.378 e. The average Bonchev–Trinajstić information content (AvgIpc) is 2.71. The van der Waals surface area contributed by atoms with Crippen LogP contribution in [0.1, 0.15) is 5.69 Å². The molecule has 0 saturated carbocycles. The lowest BCUT2D eigenvalue weighted by atomic mass is 10.4. The Morgan fingerprint density at radius 1 is 1.29 bits per heavy atom. The topological polar surface area (TPSA) is 65.7 Å². The molecular formula is C8H9N5O. The molecule has 2 aromatic heterocycles. The molecule has 0 spiro atoms. The Hall–Kier alpha value is -1.82. The molecule has 0 atom stereocenters. The molecule has 2 aromatic rings. The van der Waals surface area contributed by atoms with E-state index < -0.39 is 0 Å². The van der Waals surface area contributed by atoms with E-state index in [1.807, 2.05) is 0 Å². The van der Waals surface area contributed by atoms with Gasteiger partial charge in [-0.2, -0.15) is 10.2 Å². The Labute approximate surface area is 80.6 Å². The maximum absolute atomic E-state index is 4.96. The second-order valence-electron chi connectivity index (χ2n) is 2.60. The zero-order valence-electron chi connectivity index (χ0n) is 7.66. The van der Waals surface area contributed by atoms with Gasteiger partial charge in [0.2, 0.25) is 0 Å². The molecule has 6 nitrogen and oxygen atoms in total. The number of hydrogen-bond donors (Lipinski definition) is 0. The summed E-state index contributed by atoms with van der Waals surface area (Å²) in [5.41, 5.74) is 0.801. The molecule has 72 valence electrons. The van der Waals surface area contributed by atoms with E-state index in [0.717, 1.165) is 5.69 Å². The van der Waals surface area contributed by atoms with E-state index in [1.165, 1.54) is 4.80 Å². The van der Waals surface area contributed by atoms with Crippen LogP contribution >= 0.6 is 0 Å². The normalized spacial score (nSPS) is 10.4. The molecule has 0 aliphatic heterocycles. The third-order valence-electron chi connectivity index (χ3n) is 1.59. The number of methoxy groups -OCH3 is 1. The number of hydrogen-bond acceptors (Lipinski definition) is 5. The third kappa shape index (κ3) is 1.74. The lowest BCUT2D eigenvalue weighted by Crippen LogP contribution is -2.06. The van der Waals surface area contributed by atoms with E-state index in [0.29, 0.717) is 12.6 Å². The molecule has 0 aliphatic rings. The first-order valence-corrected chi connectivity index (χ1v) is 4.07. The van der Waals surface area contributed by atoms with Gasteiger partial charge in [0.1, 0.15) is 0 Å².